The van der Waals surface area contributed by atoms with E-state index in [0.29, 0.717) is 6.42 Å². The summed E-state index contributed by atoms with van der Waals surface area (Å²) < 4.78 is 0. The molecule has 1 aromatic heterocycles. The van der Waals surface area contributed by atoms with Crippen molar-refractivity contribution in [2.75, 3.05) is 5.32 Å². The lowest BCUT2D eigenvalue weighted by atomic mass is 10.1. The number of hydrogen-bond acceptors (Lipinski definition) is 2. The predicted octanol–water partition coefficient (Wildman–Crippen LogP) is 3.49. The van der Waals surface area contributed by atoms with Crippen molar-refractivity contribution in [3.8, 4) is 11.3 Å². The molecule has 1 aromatic carbocycles. The predicted molar refractivity (Wildman–Crippen MR) is 73.2 cm³/mol. The van der Waals surface area contributed by atoms with E-state index >= 15 is 0 Å². The van der Waals surface area contributed by atoms with Crippen LogP contribution in [0.3, 0.4) is 0 Å². The van der Waals surface area contributed by atoms with Gasteiger partial charge in [0.25, 0.3) is 0 Å². The van der Waals surface area contributed by atoms with Gasteiger partial charge in [-0.3, -0.25) is 9.78 Å². The Morgan fingerprint density at radius 2 is 1.94 bits per heavy atom. The summed E-state index contributed by atoms with van der Waals surface area (Å²) >= 11 is 0. The van der Waals surface area contributed by atoms with Crippen LogP contribution in [0.15, 0.2) is 48.7 Å². The van der Waals surface area contributed by atoms with E-state index in [0.717, 1.165) is 23.4 Å². The second-order valence-corrected chi connectivity index (χ2v) is 4.09. The number of hydrogen-bond donors (Lipinski definition) is 1. The number of carbonyl (C=O) groups excluding carboxylic acids is 1. The van der Waals surface area contributed by atoms with Crippen molar-refractivity contribution in [3.63, 3.8) is 0 Å². The second-order valence-electron chi connectivity index (χ2n) is 4.09. The fourth-order valence-electron chi connectivity index (χ4n) is 1.71. The van der Waals surface area contributed by atoms with Gasteiger partial charge in [-0.15, -0.1) is 0 Å². The van der Waals surface area contributed by atoms with Crippen molar-refractivity contribution < 1.29 is 4.79 Å². The maximum Gasteiger partial charge on any atom is 0.224 e. The van der Waals surface area contributed by atoms with E-state index in [1.165, 1.54) is 0 Å². The molecule has 0 radical (unpaired) electrons. The van der Waals surface area contributed by atoms with Gasteiger partial charge in [0.1, 0.15) is 0 Å². The van der Waals surface area contributed by atoms with E-state index < -0.39 is 0 Å². The van der Waals surface area contributed by atoms with Crippen LogP contribution in [0.1, 0.15) is 19.8 Å². The number of carbonyl (C=O) groups is 1. The Labute approximate surface area is 107 Å². The molecule has 18 heavy (non-hydrogen) atoms. The van der Waals surface area contributed by atoms with Gasteiger partial charge in [-0.1, -0.05) is 25.1 Å². The maximum atomic E-state index is 11.4. The minimum atomic E-state index is 0.0584. The van der Waals surface area contributed by atoms with Gasteiger partial charge >= 0.3 is 0 Å². The van der Waals surface area contributed by atoms with Crippen molar-refractivity contribution >= 4 is 11.6 Å². The highest BCUT2D eigenvalue weighted by Crippen LogP contribution is 2.19. The Morgan fingerprint density at radius 3 is 2.56 bits per heavy atom. The van der Waals surface area contributed by atoms with Crippen LogP contribution in [0.25, 0.3) is 11.3 Å². The Morgan fingerprint density at radius 1 is 1.17 bits per heavy atom. The topological polar surface area (TPSA) is 42.0 Å². The van der Waals surface area contributed by atoms with Gasteiger partial charge in [0.2, 0.25) is 5.91 Å². The maximum absolute atomic E-state index is 11.4. The Kier molecular flexibility index (Phi) is 4.07. The number of benzene rings is 1. The minimum Gasteiger partial charge on any atom is -0.326 e. The molecule has 0 spiro atoms. The van der Waals surface area contributed by atoms with E-state index in [1.54, 1.807) is 6.20 Å². The van der Waals surface area contributed by atoms with Gasteiger partial charge in [-0.05, 0) is 30.7 Å². The van der Waals surface area contributed by atoms with E-state index in [-0.39, 0.29) is 5.91 Å². The van der Waals surface area contributed by atoms with Crippen molar-refractivity contribution in [2.24, 2.45) is 0 Å². The average molecular weight is 240 g/mol. The lowest BCUT2D eigenvalue weighted by Crippen LogP contribution is -2.10. The molecule has 3 heteroatoms. The monoisotopic (exact) mass is 240 g/mol. The smallest absolute Gasteiger partial charge is 0.224 e. The number of nitrogens with one attached hydrogen (secondary N) is 1. The zero-order valence-corrected chi connectivity index (χ0v) is 10.4. The summed E-state index contributed by atoms with van der Waals surface area (Å²) in [5.41, 5.74) is 2.81. The summed E-state index contributed by atoms with van der Waals surface area (Å²) in [7, 11) is 0. The lowest BCUT2D eigenvalue weighted by Gasteiger charge is -2.05. The van der Waals surface area contributed by atoms with Gasteiger partial charge in [0.05, 0.1) is 5.69 Å². The lowest BCUT2D eigenvalue weighted by molar-refractivity contribution is -0.116. The highest BCUT2D eigenvalue weighted by atomic mass is 16.1. The van der Waals surface area contributed by atoms with Gasteiger partial charge in [-0.2, -0.15) is 0 Å². The largest absolute Gasteiger partial charge is 0.326 e. The highest BCUT2D eigenvalue weighted by Gasteiger charge is 2.01. The fourth-order valence-corrected chi connectivity index (χ4v) is 1.71. The molecule has 0 fully saturated rings. The number of nitrogens with zero attached hydrogens (tertiary/aromatic N) is 1. The van der Waals surface area contributed by atoms with Gasteiger partial charge in [0.15, 0.2) is 0 Å². The molecule has 1 N–H and O–H groups in total. The number of amides is 1. The van der Waals surface area contributed by atoms with E-state index in [1.807, 2.05) is 49.4 Å². The third kappa shape index (κ3) is 3.17. The van der Waals surface area contributed by atoms with Crippen LogP contribution < -0.4 is 5.32 Å². The molecule has 1 amide bonds. The summed E-state index contributed by atoms with van der Waals surface area (Å²) in [5.74, 6) is 0.0584. The summed E-state index contributed by atoms with van der Waals surface area (Å²) in [6.07, 6.45) is 3.19. The summed E-state index contributed by atoms with van der Waals surface area (Å²) in [6, 6.07) is 13.5. The molecule has 0 atom stereocenters. The molecule has 0 saturated carbocycles. The number of rotatable bonds is 4. The molecule has 0 bridgehead atoms. The average Bonchev–Trinajstić information content (AvgIpc) is 2.41. The van der Waals surface area contributed by atoms with Crippen molar-refractivity contribution in [2.45, 2.75) is 19.8 Å². The Balaban J connectivity index is 2.09. The quantitative estimate of drug-likeness (QED) is 0.888. The van der Waals surface area contributed by atoms with Crippen molar-refractivity contribution in [1.29, 1.82) is 0 Å². The Hall–Kier alpha value is -2.16. The molecular weight excluding hydrogens is 224 g/mol. The molecule has 0 aliphatic heterocycles. The van der Waals surface area contributed by atoms with Crippen LogP contribution in [0.4, 0.5) is 5.69 Å². The molecular formula is C15H16N2O. The highest BCUT2D eigenvalue weighted by molar-refractivity contribution is 5.90. The van der Waals surface area contributed by atoms with Crippen LogP contribution >= 0.6 is 0 Å². The zero-order valence-electron chi connectivity index (χ0n) is 10.4. The first kappa shape index (κ1) is 12.3. The van der Waals surface area contributed by atoms with Crippen LogP contribution in [-0.4, -0.2) is 10.9 Å². The molecule has 3 nitrogen and oxygen atoms in total. The summed E-state index contributed by atoms with van der Waals surface area (Å²) in [5, 5.41) is 2.86. The van der Waals surface area contributed by atoms with E-state index in [4.69, 9.17) is 0 Å². The third-order valence-corrected chi connectivity index (χ3v) is 2.61. The normalized spacial score (nSPS) is 10.1. The first-order valence-electron chi connectivity index (χ1n) is 6.11. The van der Waals surface area contributed by atoms with Crippen LogP contribution in [0.2, 0.25) is 0 Å². The molecule has 2 rings (SSSR count). The van der Waals surface area contributed by atoms with Crippen LogP contribution in [0.5, 0.6) is 0 Å². The summed E-state index contributed by atoms with van der Waals surface area (Å²) in [6.45, 7) is 1.99. The molecule has 92 valence electrons. The molecule has 0 aliphatic carbocycles. The fraction of sp³-hybridized carbons (Fsp3) is 0.200. The number of aromatic nitrogens is 1. The third-order valence-electron chi connectivity index (χ3n) is 2.61. The minimum absolute atomic E-state index is 0.0584. The number of pyridine rings is 1. The first-order chi connectivity index (χ1) is 8.79. The zero-order chi connectivity index (χ0) is 12.8. The molecule has 0 saturated heterocycles. The van der Waals surface area contributed by atoms with E-state index in [9.17, 15) is 4.79 Å². The Bertz CT molecular complexity index is 506. The molecule has 0 unspecified atom stereocenters. The standard InChI is InChI=1S/C15H16N2O/c1-2-5-15(18)17-13-9-7-12(8-10-13)14-6-3-4-11-16-14/h3-4,6-11H,2,5H2,1H3,(H,17,18). The number of anilines is 1. The van der Waals surface area contributed by atoms with Crippen molar-refractivity contribution in [3.05, 3.63) is 48.7 Å². The van der Waals surface area contributed by atoms with Crippen LogP contribution in [0, 0.1) is 0 Å². The van der Waals surface area contributed by atoms with Crippen LogP contribution in [-0.2, 0) is 4.79 Å². The van der Waals surface area contributed by atoms with Gasteiger partial charge in [-0.25, -0.2) is 0 Å². The van der Waals surface area contributed by atoms with E-state index in [2.05, 4.69) is 10.3 Å². The SMILES string of the molecule is CCCC(=O)Nc1ccc(-c2ccccn2)cc1. The summed E-state index contributed by atoms with van der Waals surface area (Å²) in [4.78, 5) is 15.7. The second kappa shape index (κ2) is 5.96. The first-order valence-corrected chi connectivity index (χ1v) is 6.11. The molecule has 0 aliphatic rings. The molecule has 1 heterocycles. The van der Waals surface area contributed by atoms with Gasteiger partial charge < -0.3 is 5.32 Å². The molecule has 2 aromatic rings. The van der Waals surface area contributed by atoms with Gasteiger partial charge in [0, 0.05) is 23.9 Å². The van der Waals surface area contributed by atoms with Crippen molar-refractivity contribution in [1.82, 2.24) is 4.98 Å².